The topological polar surface area (TPSA) is 42.0 Å². The van der Waals surface area contributed by atoms with Gasteiger partial charge in [-0.15, -0.1) is 0 Å². The number of rotatable bonds is 2. The van der Waals surface area contributed by atoms with Crippen LogP contribution in [0, 0.1) is 0 Å². The summed E-state index contributed by atoms with van der Waals surface area (Å²) < 4.78 is 24.6. The predicted molar refractivity (Wildman–Crippen MR) is 42.6 cm³/mol. The molecule has 5 heteroatoms. The fraction of sp³-hybridized carbons (Fsp3) is 0.250. The van der Waals surface area contributed by atoms with Crippen molar-refractivity contribution in [3.05, 3.63) is 29.6 Å². The molecular formula is C8H8F2N2O. The highest BCUT2D eigenvalue weighted by atomic mass is 19.3. The van der Waals surface area contributed by atoms with Gasteiger partial charge in [-0.05, 0) is 12.1 Å². The summed E-state index contributed by atoms with van der Waals surface area (Å²) in [5.74, 6) is -0.601. The summed E-state index contributed by atoms with van der Waals surface area (Å²) in [5.41, 5.74) is -0.568. The minimum absolute atomic E-state index is 0.222. The highest BCUT2D eigenvalue weighted by molar-refractivity contribution is 5.93. The normalized spacial score (nSPS) is 10.2. The standard InChI is InChI=1S/C8H8F2N2O/c1-11-8(13)6-5(7(9)10)3-2-4-12-6/h2-4,7H,1H3,(H,11,13). The zero-order chi connectivity index (χ0) is 9.84. The van der Waals surface area contributed by atoms with Crippen molar-refractivity contribution in [3.63, 3.8) is 0 Å². The molecule has 0 aromatic carbocycles. The van der Waals surface area contributed by atoms with Crippen molar-refractivity contribution in [1.82, 2.24) is 10.3 Å². The summed E-state index contributed by atoms with van der Waals surface area (Å²) in [7, 11) is 1.37. The van der Waals surface area contributed by atoms with Crippen molar-refractivity contribution in [3.8, 4) is 0 Å². The quantitative estimate of drug-likeness (QED) is 0.758. The van der Waals surface area contributed by atoms with E-state index in [-0.39, 0.29) is 11.3 Å². The zero-order valence-corrected chi connectivity index (χ0v) is 6.92. The lowest BCUT2D eigenvalue weighted by molar-refractivity contribution is 0.0943. The SMILES string of the molecule is CNC(=O)c1ncccc1C(F)F. The van der Waals surface area contributed by atoms with Gasteiger partial charge in [0.15, 0.2) is 0 Å². The number of carbonyl (C=O) groups is 1. The van der Waals surface area contributed by atoms with Crippen molar-refractivity contribution in [2.75, 3.05) is 7.05 Å². The Morgan fingerprint density at radius 1 is 1.62 bits per heavy atom. The van der Waals surface area contributed by atoms with Crippen LogP contribution in [0.5, 0.6) is 0 Å². The molecule has 1 aromatic rings. The Hall–Kier alpha value is -1.52. The first-order valence-electron chi connectivity index (χ1n) is 3.62. The van der Waals surface area contributed by atoms with E-state index in [4.69, 9.17) is 0 Å². The molecule has 1 N–H and O–H groups in total. The summed E-state index contributed by atoms with van der Waals surface area (Å²) in [6.45, 7) is 0. The van der Waals surface area contributed by atoms with Crippen LogP contribution in [-0.2, 0) is 0 Å². The number of aromatic nitrogens is 1. The van der Waals surface area contributed by atoms with E-state index in [2.05, 4.69) is 10.3 Å². The number of carbonyl (C=O) groups excluding carboxylic acids is 1. The Bertz CT molecular complexity index is 315. The van der Waals surface area contributed by atoms with E-state index >= 15 is 0 Å². The molecule has 1 rings (SSSR count). The Morgan fingerprint density at radius 3 is 2.85 bits per heavy atom. The minimum atomic E-state index is -2.68. The van der Waals surface area contributed by atoms with Gasteiger partial charge in [-0.25, -0.2) is 8.78 Å². The molecule has 0 bridgehead atoms. The maximum absolute atomic E-state index is 12.3. The molecule has 1 amide bonds. The molecule has 0 saturated carbocycles. The Kier molecular flexibility index (Phi) is 2.89. The molecule has 0 aliphatic rings. The highest BCUT2D eigenvalue weighted by Crippen LogP contribution is 2.20. The van der Waals surface area contributed by atoms with Gasteiger partial charge in [0.25, 0.3) is 12.3 Å². The van der Waals surface area contributed by atoms with E-state index in [1.807, 2.05) is 0 Å². The summed E-state index contributed by atoms with van der Waals surface area (Å²) in [6.07, 6.45) is -1.38. The van der Waals surface area contributed by atoms with Crippen LogP contribution >= 0.6 is 0 Å². The lowest BCUT2D eigenvalue weighted by Gasteiger charge is -2.04. The van der Waals surface area contributed by atoms with Crippen molar-refractivity contribution >= 4 is 5.91 Å². The summed E-state index contributed by atoms with van der Waals surface area (Å²) >= 11 is 0. The van der Waals surface area contributed by atoms with Gasteiger partial charge in [0.05, 0.1) is 0 Å². The second-order valence-corrected chi connectivity index (χ2v) is 2.32. The maximum Gasteiger partial charge on any atom is 0.270 e. The molecule has 1 heterocycles. The number of alkyl halides is 2. The lowest BCUT2D eigenvalue weighted by atomic mass is 10.2. The lowest BCUT2D eigenvalue weighted by Crippen LogP contribution is -2.21. The molecule has 0 aliphatic carbocycles. The number of hydrogen-bond donors (Lipinski definition) is 1. The van der Waals surface area contributed by atoms with Gasteiger partial charge in [0, 0.05) is 18.8 Å². The van der Waals surface area contributed by atoms with E-state index in [0.29, 0.717) is 0 Å². The monoisotopic (exact) mass is 186 g/mol. The molecule has 0 atom stereocenters. The number of halogens is 2. The zero-order valence-electron chi connectivity index (χ0n) is 6.92. The Balaban J connectivity index is 3.12. The van der Waals surface area contributed by atoms with Gasteiger partial charge in [-0.1, -0.05) is 0 Å². The number of nitrogens with one attached hydrogen (secondary N) is 1. The molecule has 13 heavy (non-hydrogen) atoms. The predicted octanol–water partition coefficient (Wildman–Crippen LogP) is 1.38. The molecule has 3 nitrogen and oxygen atoms in total. The third kappa shape index (κ3) is 1.99. The third-order valence-corrected chi connectivity index (χ3v) is 1.52. The van der Waals surface area contributed by atoms with E-state index in [0.717, 1.165) is 0 Å². The van der Waals surface area contributed by atoms with Gasteiger partial charge in [0.1, 0.15) is 5.69 Å². The highest BCUT2D eigenvalue weighted by Gasteiger charge is 2.17. The molecule has 0 saturated heterocycles. The molecule has 0 unspecified atom stereocenters. The van der Waals surface area contributed by atoms with Crippen molar-refractivity contribution in [2.45, 2.75) is 6.43 Å². The van der Waals surface area contributed by atoms with Crippen LogP contribution in [0.1, 0.15) is 22.5 Å². The van der Waals surface area contributed by atoms with Crippen LogP contribution < -0.4 is 5.32 Å². The summed E-state index contributed by atoms with van der Waals surface area (Å²) in [5, 5.41) is 2.24. The van der Waals surface area contributed by atoms with E-state index in [1.165, 1.54) is 25.4 Å². The van der Waals surface area contributed by atoms with Crippen LogP contribution in [0.25, 0.3) is 0 Å². The van der Waals surface area contributed by atoms with E-state index < -0.39 is 12.3 Å². The minimum Gasteiger partial charge on any atom is -0.354 e. The van der Waals surface area contributed by atoms with E-state index in [9.17, 15) is 13.6 Å². The van der Waals surface area contributed by atoms with Gasteiger partial charge in [-0.3, -0.25) is 9.78 Å². The molecule has 0 fully saturated rings. The van der Waals surface area contributed by atoms with Crippen molar-refractivity contribution in [1.29, 1.82) is 0 Å². The first-order chi connectivity index (χ1) is 6.16. The largest absolute Gasteiger partial charge is 0.354 e. The van der Waals surface area contributed by atoms with Crippen LogP contribution in [0.3, 0.4) is 0 Å². The number of nitrogens with zero attached hydrogens (tertiary/aromatic N) is 1. The molecule has 0 spiro atoms. The van der Waals surface area contributed by atoms with Gasteiger partial charge in [0.2, 0.25) is 0 Å². The summed E-state index contributed by atoms with van der Waals surface area (Å²) in [4.78, 5) is 14.6. The maximum atomic E-state index is 12.3. The molecule has 0 radical (unpaired) electrons. The molecule has 70 valence electrons. The number of amides is 1. The smallest absolute Gasteiger partial charge is 0.270 e. The van der Waals surface area contributed by atoms with Gasteiger partial charge in [-0.2, -0.15) is 0 Å². The van der Waals surface area contributed by atoms with Gasteiger partial charge >= 0.3 is 0 Å². The third-order valence-electron chi connectivity index (χ3n) is 1.52. The van der Waals surface area contributed by atoms with Crippen molar-refractivity contribution in [2.24, 2.45) is 0 Å². The molecule has 1 aromatic heterocycles. The molecule has 0 aliphatic heterocycles. The average molecular weight is 186 g/mol. The summed E-state index contributed by atoms with van der Waals surface area (Å²) in [6, 6.07) is 2.55. The van der Waals surface area contributed by atoms with Crippen LogP contribution in [-0.4, -0.2) is 17.9 Å². The average Bonchev–Trinajstić information content (AvgIpc) is 2.16. The number of hydrogen-bond acceptors (Lipinski definition) is 2. The fourth-order valence-electron chi connectivity index (χ4n) is 0.902. The molecular weight excluding hydrogens is 178 g/mol. The van der Waals surface area contributed by atoms with Crippen molar-refractivity contribution < 1.29 is 13.6 Å². The Labute approximate surface area is 73.8 Å². The van der Waals surface area contributed by atoms with E-state index in [1.54, 1.807) is 0 Å². The second kappa shape index (κ2) is 3.93. The first kappa shape index (κ1) is 9.57. The van der Waals surface area contributed by atoms with Crippen LogP contribution in [0.2, 0.25) is 0 Å². The van der Waals surface area contributed by atoms with Crippen LogP contribution in [0.4, 0.5) is 8.78 Å². The first-order valence-corrected chi connectivity index (χ1v) is 3.62. The Morgan fingerprint density at radius 2 is 2.31 bits per heavy atom. The second-order valence-electron chi connectivity index (χ2n) is 2.32. The van der Waals surface area contributed by atoms with Crippen LogP contribution in [0.15, 0.2) is 18.3 Å². The van der Waals surface area contributed by atoms with Gasteiger partial charge < -0.3 is 5.32 Å². The number of pyridine rings is 1. The fourth-order valence-corrected chi connectivity index (χ4v) is 0.902.